The van der Waals surface area contributed by atoms with E-state index < -0.39 is 5.97 Å². The molecule has 0 aromatic carbocycles. The Bertz CT molecular complexity index is 708. The molecule has 104 valence electrons. The molecule has 0 amide bonds. The molecule has 0 aliphatic carbocycles. The Labute approximate surface area is 117 Å². The van der Waals surface area contributed by atoms with Gasteiger partial charge in [-0.1, -0.05) is 19.8 Å². The average molecular weight is 271 g/mol. The average Bonchev–Trinajstić information content (AvgIpc) is 2.70. The van der Waals surface area contributed by atoms with Crippen molar-refractivity contribution in [3.63, 3.8) is 0 Å². The van der Waals surface area contributed by atoms with E-state index in [-0.39, 0.29) is 12.5 Å². The molecular weight excluding hydrogens is 254 g/mol. The lowest BCUT2D eigenvalue weighted by atomic mass is 10.0. The number of fused-ring (bicyclic) bond motifs is 1. The standard InChI is InChI=1S/C15H17N3O2/c1-6-7-20-15(19)11-8-12(9(2)3)16-14-13(11)10(4)17-18(14)5/h1,8-9H,7H2,2-5H3. The van der Waals surface area contributed by atoms with Crippen molar-refractivity contribution < 1.29 is 9.53 Å². The fourth-order valence-corrected chi connectivity index (χ4v) is 2.11. The molecule has 0 aliphatic heterocycles. The van der Waals surface area contributed by atoms with Gasteiger partial charge in [0.25, 0.3) is 0 Å². The van der Waals surface area contributed by atoms with E-state index >= 15 is 0 Å². The Balaban J connectivity index is 2.67. The predicted octanol–water partition coefficient (Wildman–Crippen LogP) is 2.19. The number of esters is 1. The Morgan fingerprint density at radius 3 is 2.85 bits per heavy atom. The first-order valence-electron chi connectivity index (χ1n) is 6.40. The highest BCUT2D eigenvalue weighted by Gasteiger charge is 2.20. The minimum Gasteiger partial charge on any atom is -0.449 e. The van der Waals surface area contributed by atoms with Gasteiger partial charge in [-0.3, -0.25) is 4.68 Å². The minimum atomic E-state index is -0.437. The molecule has 5 nitrogen and oxygen atoms in total. The Hall–Kier alpha value is -2.35. The van der Waals surface area contributed by atoms with Gasteiger partial charge in [0.05, 0.1) is 16.6 Å². The van der Waals surface area contributed by atoms with Crippen LogP contribution in [0.3, 0.4) is 0 Å². The summed E-state index contributed by atoms with van der Waals surface area (Å²) in [6.45, 7) is 5.85. The molecule has 2 heterocycles. The zero-order valence-electron chi connectivity index (χ0n) is 12.1. The number of aromatic nitrogens is 3. The largest absolute Gasteiger partial charge is 0.449 e. The van der Waals surface area contributed by atoms with Crippen molar-refractivity contribution in [1.29, 1.82) is 0 Å². The van der Waals surface area contributed by atoms with Gasteiger partial charge in [0, 0.05) is 12.7 Å². The van der Waals surface area contributed by atoms with Gasteiger partial charge in [-0.05, 0) is 18.9 Å². The zero-order chi connectivity index (χ0) is 14.9. The molecule has 0 saturated heterocycles. The van der Waals surface area contributed by atoms with Crippen LogP contribution in [0.2, 0.25) is 0 Å². The number of nitrogens with zero attached hydrogens (tertiary/aromatic N) is 3. The maximum absolute atomic E-state index is 12.2. The third kappa shape index (κ3) is 2.37. The number of ether oxygens (including phenoxy) is 1. The second-order valence-electron chi connectivity index (χ2n) is 4.94. The lowest BCUT2D eigenvalue weighted by Crippen LogP contribution is -2.09. The third-order valence-corrected chi connectivity index (χ3v) is 3.09. The molecule has 0 saturated carbocycles. The first-order valence-corrected chi connectivity index (χ1v) is 6.40. The van der Waals surface area contributed by atoms with Crippen LogP contribution in [0.4, 0.5) is 0 Å². The summed E-state index contributed by atoms with van der Waals surface area (Å²) in [6.07, 6.45) is 5.12. The van der Waals surface area contributed by atoms with Crippen LogP contribution < -0.4 is 0 Å². The monoisotopic (exact) mass is 271 g/mol. The number of hydrogen-bond acceptors (Lipinski definition) is 4. The van der Waals surface area contributed by atoms with Gasteiger partial charge in [-0.25, -0.2) is 9.78 Å². The second-order valence-corrected chi connectivity index (χ2v) is 4.94. The number of hydrogen-bond donors (Lipinski definition) is 0. The van der Waals surface area contributed by atoms with Gasteiger partial charge in [-0.15, -0.1) is 6.42 Å². The lowest BCUT2D eigenvalue weighted by Gasteiger charge is -2.09. The van der Waals surface area contributed by atoms with Crippen molar-refractivity contribution >= 4 is 17.0 Å². The van der Waals surface area contributed by atoms with Crippen LogP contribution in [0.5, 0.6) is 0 Å². The van der Waals surface area contributed by atoms with Crippen LogP contribution in [-0.2, 0) is 11.8 Å². The summed E-state index contributed by atoms with van der Waals surface area (Å²) in [4.78, 5) is 16.7. The molecule has 0 bridgehead atoms. The summed E-state index contributed by atoms with van der Waals surface area (Å²) in [6, 6.07) is 1.76. The highest BCUT2D eigenvalue weighted by atomic mass is 16.5. The van der Waals surface area contributed by atoms with Crippen LogP contribution in [0.15, 0.2) is 6.07 Å². The summed E-state index contributed by atoms with van der Waals surface area (Å²) in [5.41, 5.74) is 2.73. The third-order valence-electron chi connectivity index (χ3n) is 3.09. The molecule has 2 aromatic heterocycles. The molecule has 0 spiro atoms. The van der Waals surface area contributed by atoms with E-state index in [9.17, 15) is 4.79 Å². The molecule has 5 heteroatoms. The fraction of sp³-hybridized carbons (Fsp3) is 0.400. The molecule has 0 unspecified atom stereocenters. The van der Waals surface area contributed by atoms with E-state index in [2.05, 4.69) is 16.0 Å². The maximum atomic E-state index is 12.2. The highest BCUT2D eigenvalue weighted by molar-refractivity contribution is 6.03. The fourth-order valence-electron chi connectivity index (χ4n) is 2.11. The van der Waals surface area contributed by atoms with E-state index in [0.29, 0.717) is 11.2 Å². The normalized spacial score (nSPS) is 10.8. The van der Waals surface area contributed by atoms with Crippen LogP contribution in [0.25, 0.3) is 11.0 Å². The molecular formula is C15H17N3O2. The van der Waals surface area contributed by atoms with E-state index in [1.54, 1.807) is 10.7 Å². The summed E-state index contributed by atoms with van der Waals surface area (Å²) < 4.78 is 6.72. The zero-order valence-corrected chi connectivity index (χ0v) is 12.1. The van der Waals surface area contributed by atoms with Crippen molar-refractivity contribution in [1.82, 2.24) is 14.8 Å². The van der Waals surface area contributed by atoms with Gasteiger partial charge >= 0.3 is 5.97 Å². The van der Waals surface area contributed by atoms with Crippen LogP contribution in [0.1, 0.15) is 41.5 Å². The molecule has 0 radical (unpaired) electrons. The van der Waals surface area contributed by atoms with Gasteiger partial charge in [0.1, 0.15) is 0 Å². The topological polar surface area (TPSA) is 57.0 Å². The number of rotatable bonds is 3. The van der Waals surface area contributed by atoms with Gasteiger partial charge in [0.15, 0.2) is 12.3 Å². The molecule has 2 rings (SSSR count). The first kappa shape index (κ1) is 14.1. The minimum absolute atomic E-state index is 0.0427. The first-order chi connectivity index (χ1) is 9.45. The molecule has 0 N–H and O–H groups in total. The highest BCUT2D eigenvalue weighted by Crippen LogP contribution is 2.25. The van der Waals surface area contributed by atoms with E-state index in [1.807, 2.05) is 27.8 Å². The number of aryl methyl sites for hydroxylation is 2. The quantitative estimate of drug-likeness (QED) is 0.634. The summed E-state index contributed by atoms with van der Waals surface area (Å²) in [7, 11) is 1.81. The van der Waals surface area contributed by atoms with Crippen molar-refractivity contribution in [3.8, 4) is 12.3 Å². The summed E-state index contributed by atoms with van der Waals surface area (Å²) in [5.74, 6) is 2.06. The van der Waals surface area contributed by atoms with Gasteiger partial charge in [-0.2, -0.15) is 5.10 Å². The van der Waals surface area contributed by atoms with Gasteiger partial charge in [0.2, 0.25) is 0 Å². The van der Waals surface area contributed by atoms with Crippen molar-refractivity contribution in [2.75, 3.05) is 6.61 Å². The van der Waals surface area contributed by atoms with Crippen LogP contribution in [0, 0.1) is 19.3 Å². The number of carbonyl (C=O) groups is 1. The smallest absolute Gasteiger partial charge is 0.339 e. The SMILES string of the molecule is C#CCOC(=O)c1cc(C(C)C)nc2c1c(C)nn2C. The second kappa shape index (κ2) is 5.33. The maximum Gasteiger partial charge on any atom is 0.339 e. The van der Waals surface area contributed by atoms with Crippen molar-refractivity contribution in [2.45, 2.75) is 26.7 Å². The number of carbonyl (C=O) groups excluding carboxylic acids is 1. The molecule has 20 heavy (non-hydrogen) atoms. The molecule has 0 fully saturated rings. The number of pyridine rings is 1. The Morgan fingerprint density at radius 1 is 1.55 bits per heavy atom. The Kier molecular flexibility index (Phi) is 3.75. The van der Waals surface area contributed by atoms with Gasteiger partial charge < -0.3 is 4.74 Å². The van der Waals surface area contributed by atoms with Crippen LogP contribution in [-0.4, -0.2) is 27.3 Å². The van der Waals surface area contributed by atoms with E-state index in [1.165, 1.54) is 0 Å². The molecule has 0 atom stereocenters. The molecule has 0 aliphatic rings. The number of terminal acetylenes is 1. The lowest BCUT2D eigenvalue weighted by molar-refractivity contribution is 0.0559. The summed E-state index contributed by atoms with van der Waals surface area (Å²) >= 11 is 0. The Morgan fingerprint density at radius 2 is 2.25 bits per heavy atom. The van der Waals surface area contributed by atoms with Crippen molar-refractivity contribution in [2.24, 2.45) is 7.05 Å². The van der Waals surface area contributed by atoms with E-state index in [4.69, 9.17) is 11.2 Å². The molecule has 2 aromatic rings. The van der Waals surface area contributed by atoms with E-state index in [0.717, 1.165) is 16.8 Å². The predicted molar refractivity (Wildman–Crippen MR) is 76.5 cm³/mol. The summed E-state index contributed by atoms with van der Waals surface area (Å²) in [5, 5.41) is 5.04. The van der Waals surface area contributed by atoms with Crippen LogP contribution >= 0.6 is 0 Å². The van der Waals surface area contributed by atoms with Crippen molar-refractivity contribution in [3.05, 3.63) is 23.0 Å².